The number of hydrogen-bond donors (Lipinski definition) is 0. The van der Waals surface area contributed by atoms with E-state index in [2.05, 4.69) is 26.0 Å². The van der Waals surface area contributed by atoms with Gasteiger partial charge in [0.2, 0.25) is 0 Å². The summed E-state index contributed by atoms with van der Waals surface area (Å²) >= 11 is 0. The minimum Gasteiger partial charge on any atom is -0.459 e. The first-order chi connectivity index (χ1) is 17.5. The third-order valence-corrected chi connectivity index (χ3v) is 7.34. The SMILES string of the molecule is CCCC1CCC(OC(=O)c2ccc(/C=C/c3ccc(CC(C)c4ccccc4)cc3F)cc2)CC1. The molecule has 1 atom stereocenters. The molecule has 0 heterocycles. The highest BCUT2D eigenvalue weighted by Crippen LogP contribution is 2.30. The van der Waals surface area contributed by atoms with Crippen LogP contribution in [0.15, 0.2) is 72.8 Å². The molecule has 2 nitrogen and oxygen atoms in total. The molecule has 0 aliphatic heterocycles. The minimum atomic E-state index is -0.254. The van der Waals surface area contributed by atoms with E-state index in [9.17, 15) is 9.18 Å². The van der Waals surface area contributed by atoms with Crippen LogP contribution in [0.25, 0.3) is 12.2 Å². The highest BCUT2D eigenvalue weighted by atomic mass is 19.1. The summed E-state index contributed by atoms with van der Waals surface area (Å²) < 4.78 is 20.5. The van der Waals surface area contributed by atoms with Gasteiger partial charge in [0.05, 0.1) is 5.56 Å². The molecule has 3 heteroatoms. The zero-order valence-corrected chi connectivity index (χ0v) is 21.5. The molecule has 1 aliphatic carbocycles. The average molecular weight is 485 g/mol. The molecule has 0 N–H and O–H groups in total. The summed E-state index contributed by atoms with van der Waals surface area (Å²) in [7, 11) is 0. The lowest BCUT2D eigenvalue weighted by Gasteiger charge is -2.28. The molecule has 0 aromatic heterocycles. The fourth-order valence-electron chi connectivity index (χ4n) is 5.17. The van der Waals surface area contributed by atoms with Crippen molar-refractivity contribution in [2.75, 3.05) is 0 Å². The number of ether oxygens (including phenoxy) is 1. The third-order valence-electron chi connectivity index (χ3n) is 7.34. The van der Waals surface area contributed by atoms with Crippen LogP contribution >= 0.6 is 0 Å². The molecule has 1 fully saturated rings. The van der Waals surface area contributed by atoms with Crippen molar-refractivity contribution < 1.29 is 13.9 Å². The lowest BCUT2D eigenvalue weighted by molar-refractivity contribution is 0.0161. The predicted octanol–water partition coefficient (Wildman–Crippen LogP) is 8.86. The smallest absolute Gasteiger partial charge is 0.338 e. The van der Waals surface area contributed by atoms with E-state index in [1.165, 1.54) is 18.4 Å². The topological polar surface area (TPSA) is 26.3 Å². The highest BCUT2D eigenvalue weighted by molar-refractivity contribution is 5.90. The number of hydrogen-bond acceptors (Lipinski definition) is 2. The standard InChI is InChI=1S/C33H37FO2/c1-3-7-25-14-20-31(21-15-25)36-33(35)30-18-11-26(12-19-30)10-16-29-17-13-27(23-32(29)34)22-24(2)28-8-5-4-6-9-28/h4-6,8-13,16-19,23-25,31H,3,7,14-15,20-22H2,1-2H3/b16-10+. The van der Waals surface area contributed by atoms with Crippen LogP contribution in [0.5, 0.6) is 0 Å². The molecule has 0 radical (unpaired) electrons. The van der Waals surface area contributed by atoms with E-state index in [0.29, 0.717) is 17.0 Å². The van der Waals surface area contributed by atoms with Gasteiger partial charge in [0.25, 0.3) is 0 Å². The summed E-state index contributed by atoms with van der Waals surface area (Å²) in [6, 6.07) is 23.1. The van der Waals surface area contributed by atoms with Gasteiger partial charge in [-0.25, -0.2) is 9.18 Å². The van der Waals surface area contributed by atoms with Gasteiger partial charge in [-0.3, -0.25) is 0 Å². The Labute approximate surface area is 215 Å². The van der Waals surface area contributed by atoms with Gasteiger partial charge in [0.1, 0.15) is 11.9 Å². The van der Waals surface area contributed by atoms with Gasteiger partial charge >= 0.3 is 5.97 Å². The molecule has 0 amide bonds. The number of halogens is 1. The Morgan fingerprint density at radius 3 is 2.36 bits per heavy atom. The Hall–Kier alpha value is -3.20. The fraction of sp³-hybridized carbons (Fsp3) is 0.364. The zero-order valence-electron chi connectivity index (χ0n) is 21.5. The second kappa shape index (κ2) is 12.7. The van der Waals surface area contributed by atoms with Crippen molar-refractivity contribution in [3.63, 3.8) is 0 Å². The fourth-order valence-corrected chi connectivity index (χ4v) is 5.17. The van der Waals surface area contributed by atoms with Crippen molar-refractivity contribution in [1.29, 1.82) is 0 Å². The number of esters is 1. The maximum Gasteiger partial charge on any atom is 0.338 e. The Morgan fingerprint density at radius 2 is 1.69 bits per heavy atom. The lowest BCUT2D eigenvalue weighted by Crippen LogP contribution is -2.24. The van der Waals surface area contributed by atoms with Crippen LogP contribution in [-0.4, -0.2) is 12.1 Å². The van der Waals surface area contributed by atoms with Crippen molar-refractivity contribution in [3.05, 3.63) is 106 Å². The molecule has 3 aromatic rings. The summed E-state index contributed by atoms with van der Waals surface area (Å²) in [5.41, 5.74) is 4.27. The second-order valence-electron chi connectivity index (χ2n) is 10.2. The molecular formula is C33H37FO2. The Balaban J connectivity index is 1.31. The predicted molar refractivity (Wildman–Crippen MR) is 146 cm³/mol. The van der Waals surface area contributed by atoms with Crippen molar-refractivity contribution >= 4 is 18.1 Å². The summed E-state index contributed by atoms with van der Waals surface area (Å²) in [4.78, 5) is 12.6. The van der Waals surface area contributed by atoms with E-state index in [4.69, 9.17) is 4.74 Å². The molecule has 0 bridgehead atoms. The van der Waals surface area contributed by atoms with Gasteiger partial charge in [-0.15, -0.1) is 0 Å². The van der Waals surface area contributed by atoms with Gasteiger partial charge in [0, 0.05) is 5.56 Å². The Morgan fingerprint density at radius 1 is 0.972 bits per heavy atom. The maximum absolute atomic E-state index is 14.8. The van der Waals surface area contributed by atoms with Gasteiger partial charge < -0.3 is 4.74 Å². The van der Waals surface area contributed by atoms with E-state index in [0.717, 1.165) is 49.1 Å². The van der Waals surface area contributed by atoms with Crippen molar-refractivity contribution in [1.82, 2.24) is 0 Å². The van der Waals surface area contributed by atoms with Crippen LogP contribution in [0.2, 0.25) is 0 Å². The van der Waals surface area contributed by atoms with Crippen LogP contribution < -0.4 is 0 Å². The van der Waals surface area contributed by atoms with E-state index < -0.39 is 0 Å². The Kier molecular flexibility index (Phi) is 9.11. The first kappa shape index (κ1) is 25.9. The number of rotatable bonds is 9. The van der Waals surface area contributed by atoms with E-state index in [1.54, 1.807) is 24.3 Å². The van der Waals surface area contributed by atoms with Crippen LogP contribution in [0, 0.1) is 11.7 Å². The summed E-state index contributed by atoms with van der Waals surface area (Å²) in [6.07, 6.45) is 11.2. The van der Waals surface area contributed by atoms with E-state index >= 15 is 0 Å². The molecular weight excluding hydrogens is 447 g/mol. The normalized spacial score (nSPS) is 18.8. The van der Waals surface area contributed by atoms with Gasteiger partial charge in [0.15, 0.2) is 0 Å². The number of benzene rings is 3. The van der Waals surface area contributed by atoms with Crippen molar-refractivity contribution in [2.24, 2.45) is 5.92 Å². The quantitative estimate of drug-likeness (QED) is 0.224. The van der Waals surface area contributed by atoms with E-state index in [1.807, 2.05) is 48.5 Å². The van der Waals surface area contributed by atoms with E-state index in [-0.39, 0.29) is 17.9 Å². The second-order valence-corrected chi connectivity index (χ2v) is 10.2. The molecule has 1 saturated carbocycles. The summed E-state index contributed by atoms with van der Waals surface area (Å²) in [5, 5.41) is 0. The third kappa shape index (κ3) is 7.16. The van der Waals surface area contributed by atoms with Gasteiger partial charge in [-0.2, -0.15) is 0 Å². The first-order valence-electron chi connectivity index (χ1n) is 13.3. The number of carbonyl (C=O) groups is 1. The Bertz CT molecular complexity index is 1140. The zero-order chi connectivity index (χ0) is 25.3. The first-order valence-corrected chi connectivity index (χ1v) is 13.3. The average Bonchev–Trinajstić information content (AvgIpc) is 2.90. The van der Waals surface area contributed by atoms with Crippen molar-refractivity contribution in [2.45, 2.75) is 70.8 Å². The van der Waals surface area contributed by atoms with Gasteiger partial charge in [-0.05, 0) is 78.8 Å². The molecule has 3 aromatic carbocycles. The molecule has 0 spiro atoms. The van der Waals surface area contributed by atoms with Crippen LogP contribution in [0.1, 0.15) is 90.9 Å². The molecule has 1 aliphatic rings. The van der Waals surface area contributed by atoms with Crippen LogP contribution in [0.3, 0.4) is 0 Å². The van der Waals surface area contributed by atoms with Crippen LogP contribution in [-0.2, 0) is 11.2 Å². The number of carbonyl (C=O) groups excluding carboxylic acids is 1. The molecule has 1 unspecified atom stereocenters. The molecule has 4 rings (SSSR count). The summed E-state index contributed by atoms with van der Waals surface area (Å²) in [6.45, 7) is 4.39. The summed E-state index contributed by atoms with van der Waals surface area (Å²) in [5.74, 6) is 0.636. The molecule has 36 heavy (non-hydrogen) atoms. The lowest BCUT2D eigenvalue weighted by atomic mass is 9.85. The monoisotopic (exact) mass is 484 g/mol. The maximum atomic E-state index is 14.8. The van der Waals surface area contributed by atoms with Crippen molar-refractivity contribution in [3.8, 4) is 0 Å². The highest BCUT2D eigenvalue weighted by Gasteiger charge is 2.23. The minimum absolute atomic E-state index is 0.0341. The largest absolute Gasteiger partial charge is 0.459 e. The van der Waals surface area contributed by atoms with Crippen LogP contribution in [0.4, 0.5) is 4.39 Å². The molecule has 188 valence electrons. The van der Waals surface area contributed by atoms with Gasteiger partial charge in [-0.1, -0.05) is 93.4 Å². The molecule has 0 saturated heterocycles.